The number of benzene rings is 2. The van der Waals surface area contributed by atoms with E-state index in [1.165, 1.54) is 0 Å². The number of aromatic nitrogens is 1. The number of carbonyl (C=O) groups excluding carboxylic acids is 1. The van der Waals surface area contributed by atoms with Crippen LogP contribution in [-0.4, -0.2) is 27.7 Å². The quantitative estimate of drug-likeness (QED) is 0.585. The molecule has 0 aliphatic rings. The van der Waals surface area contributed by atoms with Crippen LogP contribution in [0.15, 0.2) is 42.5 Å². The highest BCUT2D eigenvalue weighted by molar-refractivity contribution is 6.31. The number of anilines is 1. The summed E-state index contributed by atoms with van der Waals surface area (Å²) >= 11 is 5.96. The molecule has 0 saturated heterocycles. The Bertz CT molecular complexity index is 904. The Balaban J connectivity index is 1.83. The molecule has 1 heterocycles. The van der Waals surface area contributed by atoms with Gasteiger partial charge >= 0.3 is 0 Å². The van der Waals surface area contributed by atoms with Gasteiger partial charge in [-0.2, -0.15) is 0 Å². The van der Waals surface area contributed by atoms with Crippen LogP contribution in [-0.2, 0) is 0 Å². The predicted molar refractivity (Wildman–Crippen MR) is 94.5 cm³/mol. The number of hydrogen-bond donors (Lipinski definition) is 4. The zero-order valence-electron chi connectivity index (χ0n) is 13.0. The number of aromatic amines is 1. The number of amides is 1. The minimum absolute atomic E-state index is 0.263. The van der Waals surface area contributed by atoms with Gasteiger partial charge in [0.2, 0.25) is 0 Å². The summed E-state index contributed by atoms with van der Waals surface area (Å²) in [4.78, 5) is 15.5. The molecule has 0 aliphatic carbocycles. The van der Waals surface area contributed by atoms with Crippen LogP contribution in [0.5, 0.6) is 0 Å². The number of carbonyl (C=O) groups is 1. The number of hydrogen-bond acceptors (Lipinski definition) is 3. The van der Waals surface area contributed by atoms with Crippen LogP contribution >= 0.6 is 11.6 Å². The molecule has 0 aliphatic heterocycles. The summed E-state index contributed by atoms with van der Waals surface area (Å²) in [6.45, 7) is 1.48. The molecule has 3 aromatic rings. The molecule has 2 aromatic carbocycles. The molecule has 6 heteroatoms. The van der Waals surface area contributed by atoms with Crippen molar-refractivity contribution in [1.82, 2.24) is 4.98 Å². The van der Waals surface area contributed by atoms with Gasteiger partial charge in [0.25, 0.3) is 5.91 Å². The molecule has 1 unspecified atom stereocenters. The zero-order valence-corrected chi connectivity index (χ0v) is 13.8. The lowest BCUT2D eigenvalue weighted by atomic mass is 10.1. The average molecular weight is 345 g/mol. The SMILES string of the molecule is Cc1cc(C(O)CO)ccc1NC(=O)c1cc2cc(Cl)ccc2[nH]1. The molecule has 0 fully saturated rings. The Kier molecular flexibility index (Phi) is 4.57. The summed E-state index contributed by atoms with van der Waals surface area (Å²) < 4.78 is 0. The van der Waals surface area contributed by atoms with E-state index in [-0.39, 0.29) is 12.5 Å². The van der Waals surface area contributed by atoms with E-state index >= 15 is 0 Å². The van der Waals surface area contributed by atoms with Gasteiger partial charge in [0.1, 0.15) is 11.8 Å². The highest BCUT2D eigenvalue weighted by atomic mass is 35.5. The van der Waals surface area contributed by atoms with Crippen LogP contribution in [0.1, 0.15) is 27.7 Å². The number of halogens is 1. The van der Waals surface area contributed by atoms with Gasteiger partial charge in [0.15, 0.2) is 0 Å². The predicted octanol–water partition coefficient (Wildman–Crippen LogP) is 3.41. The van der Waals surface area contributed by atoms with E-state index in [4.69, 9.17) is 16.7 Å². The monoisotopic (exact) mass is 344 g/mol. The van der Waals surface area contributed by atoms with Gasteiger partial charge in [0, 0.05) is 21.6 Å². The van der Waals surface area contributed by atoms with Crippen molar-refractivity contribution in [3.05, 3.63) is 64.3 Å². The van der Waals surface area contributed by atoms with E-state index in [1.54, 1.807) is 36.4 Å². The van der Waals surface area contributed by atoms with Crippen molar-refractivity contribution in [2.45, 2.75) is 13.0 Å². The molecule has 24 heavy (non-hydrogen) atoms. The molecule has 4 N–H and O–H groups in total. The number of rotatable bonds is 4. The van der Waals surface area contributed by atoms with Gasteiger partial charge in [-0.05, 0) is 48.4 Å². The molecule has 0 spiro atoms. The van der Waals surface area contributed by atoms with Crippen LogP contribution in [0, 0.1) is 6.92 Å². The maximum absolute atomic E-state index is 12.4. The first-order valence-corrected chi connectivity index (χ1v) is 7.85. The lowest BCUT2D eigenvalue weighted by Gasteiger charge is -2.12. The van der Waals surface area contributed by atoms with Crippen molar-refractivity contribution in [3.63, 3.8) is 0 Å². The highest BCUT2D eigenvalue weighted by Gasteiger charge is 2.13. The molecule has 3 rings (SSSR count). The lowest BCUT2D eigenvalue weighted by Crippen LogP contribution is -2.13. The van der Waals surface area contributed by atoms with Gasteiger partial charge in [-0.3, -0.25) is 4.79 Å². The second-order valence-electron chi connectivity index (χ2n) is 5.64. The van der Waals surface area contributed by atoms with Crippen molar-refractivity contribution >= 4 is 34.1 Å². The lowest BCUT2D eigenvalue weighted by molar-refractivity contribution is 0.0956. The summed E-state index contributed by atoms with van der Waals surface area (Å²) in [5, 5.41) is 23.0. The summed E-state index contributed by atoms with van der Waals surface area (Å²) in [5.41, 5.74) is 3.32. The fourth-order valence-electron chi connectivity index (χ4n) is 2.56. The first kappa shape index (κ1) is 16.5. The minimum atomic E-state index is -0.924. The Morgan fingerprint density at radius 2 is 2.04 bits per heavy atom. The highest BCUT2D eigenvalue weighted by Crippen LogP contribution is 2.23. The molecule has 1 aromatic heterocycles. The standard InChI is InChI=1S/C18H17ClN2O3/c1-10-6-11(17(23)9-22)2-4-14(10)21-18(24)16-8-12-7-13(19)3-5-15(12)20-16/h2-8,17,20,22-23H,9H2,1H3,(H,21,24). The number of aliphatic hydroxyl groups is 2. The average Bonchev–Trinajstić information content (AvgIpc) is 2.99. The molecule has 1 amide bonds. The van der Waals surface area contributed by atoms with Gasteiger partial charge in [-0.1, -0.05) is 23.7 Å². The number of fused-ring (bicyclic) bond motifs is 1. The Hall–Kier alpha value is -2.34. The third kappa shape index (κ3) is 3.28. The van der Waals surface area contributed by atoms with E-state index in [0.717, 1.165) is 16.5 Å². The van der Waals surface area contributed by atoms with Crippen molar-refractivity contribution in [2.24, 2.45) is 0 Å². The first-order valence-electron chi connectivity index (χ1n) is 7.47. The number of aliphatic hydroxyl groups excluding tert-OH is 2. The minimum Gasteiger partial charge on any atom is -0.393 e. The number of nitrogens with one attached hydrogen (secondary N) is 2. The van der Waals surface area contributed by atoms with Gasteiger partial charge in [-0.15, -0.1) is 0 Å². The van der Waals surface area contributed by atoms with E-state index < -0.39 is 6.10 Å². The van der Waals surface area contributed by atoms with Crippen molar-refractivity contribution < 1.29 is 15.0 Å². The summed E-state index contributed by atoms with van der Waals surface area (Å²) in [6, 6.07) is 12.2. The van der Waals surface area contributed by atoms with E-state index in [2.05, 4.69) is 10.3 Å². The zero-order chi connectivity index (χ0) is 17.3. The van der Waals surface area contributed by atoms with Crippen LogP contribution in [0.25, 0.3) is 10.9 Å². The Labute approximate surface area is 143 Å². The van der Waals surface area contributed by atoms with E-state index in [9.17, 15) is 9.90 Å². The topological polar surface area (TPSA) is 85.3 Å². The van der Waals surface area contributed by atoms with Crippen LogP contribution < -0.4 is 5.32 Å². The van der Waals surface area contributed by atoms with Crippen molar-refractivity contribution in [1.29, 1.82) is 0 Å². The van der Waals surface area contributed by atoms with Crippen molar-refractivity contribution in [2.75, 3.05) is 11.9 Å². The normalized spacial score (nSPS) is 12.3. The second kappa shape index (κ2) is 6.65. The van der Waals surface area contributed by atoms with Crippen LogP contribution in [0.2, 0.25) is 5.02 Å². The van der Waals surface area contributed by atoms with E-state index in [1.807, 2.05) is 13.0 Å². The molecule has 0 radical (unpaired) electrons. The fraction of sp³-hybridized carbons (Fsp3) is 0.167. The molecule has 1 atom stereocenters. The first-order chi connectivity index (χ1) is 11.5. The summed E-state index contributed by atoms with van der Waals surface area (Å²) in [5.74, 6) is -0.263. The maximum Gasteiger partial charge on any atom is 0.272 e. The third-order valence-corrected chi connectivity index (χ3v) is 4.12. The third-order valence-electron chi connectivity index (χ3n) is 3.88. The number of H-pyrrole nitrogens is 1. The maximum atomic E-state index is 12.4. The summed E-state index contributed by atoms with van der Waals surface area (Å²) in [7, 11) is 0. The van der Waals surface area contributed by atoms with Crippen molar-refractivity contribution in [3.8, 4) is 0 Å². The van der Waals surface area contributed by atoms with Crippen LogP contribution in [0.4, 0.5) is 5.69 Å². The molecular formula is C18H17ClN2O3. The Morgan fingerprint density at radius 3 is 2.75 bits per heavy atom. The number of aryl methyl sites for hydroxylation is 1. The molecule has 0 bridgehead atoms. The smallest absolute Gasteiger partial charge is 0.272 e. The molecule has 5 nitrogen and oxygen atoms in total. The largest absolute Gasteiger partial charge is 0.393 e. The van der Waals surface area contributed by atoms with Gasteiger partial charge in [0.05, 0.1) is 6.61 Å². The molecule has 0 saturated carbocycles. The van der Waals surface area contributed by atoms with Gasteiger partial charge in [-0.25, -0.2) is 0 Å². The Morgan fingerprint density at radius 1 is 1.25 bits per heavy atom. The second-order valence-corrected chi connectivity index (χ2v) is 6.08. The van der Waals surface area contributed by atoms with Crippen LogP contribution in [0.3, 0.4) is 0 Å². The summed E-state index contributed by atoms with van der Waals surface area (Å²) in [6.07, 6.45) is -0.924. The van der Waals surface area contributed by atoms with E-state index in [0.29, 0.717) is 22.0 Å². The molecular weight excluding hydrogens is 328 g/mol. The van der Waals surface area contributed by atoms with Gasteiger partial charge < -0.3 is 20.5 Å². The fourth-order valence-corrected chi connectivity index (χ4v) is 2.74. The molecule has 124 valence electrons.